The lowest BCUT2D eigenvalue weighted by Gasteiger charge is -2.20. The number of rotatable bonds is 5. The maximum Gasteiger partial charge on any atom is 0.0212 e. The largest absolute Gasteiger partial charge is 0.253 e. The van der Waals surface area contributed by atoms with Gasteiger partial charge in [-0.15, -0.1) is 0 Å². The third-order valence-electron chi connectivity index (χ3n) is 1.57. The summed E-state index contributed by atoms with van der Waals surface area (Å²) in [6, 6.07) is 0.667. The molecule has 10 heavy (non-hydrogen) atoms. The van der Waals surface area contributed by atoms with Crippen LogP contribution in [0.4, 0.5) is 0 Å². The van der Waals surface area contributed by atoms with Crippen LogP contribution < -0.4 is 5.43 Å². The molecule has 0 aliphatic heterocycles. The molecule has 2 heteroatoms. The van der Waals surface area contributed by atoms with Gasteiger partial charge < -0.3 is 0 Å². The van der Waals surface area contributed by atoms with E-state index in [2.05, 4.69) is 19.3 Å². The van der Waals surface area contributed by atoms with Crippen molar-refractivity contribution in [1.29, 1.82) is 0 Å². The Hall–Kier alpha value is -0.0800. The lowest BCUT2D eigenvalue weighted by atomic mass is 10.1. The zero-order chi connectivity index (χ0) is 7.98. The summed E-state index contributed by atoms with van der Waals surface area (Å²) in [5.74, 6) is 0. The first-order chi connectivity index (χ1) is 4.70. The second-order valence-electron chi connectivity index (χ2n) is 2.92. The van der Waals surface area contributed by atoms with E-state index in [9.17, 15) is 0 Å². The number of hydrogen-bond acceptors (Lipinski definition) is 2. The molecule has 62 valence electrons. The van der Waals surface area contributed by atoms with Gasteiger partial charge in [-0.25, -0.2) is 0 Å². The zero-order valence-electron chi connectivity index (χ0n) is 7.65. The van der Waals surface area contributed by atoms with E-state index in [-0.39, 0.29) is 0 Å². The summed E-state index contributed by atoms with van der Waals surface area (Å²) in [5.41, 5.74) is 3.36. The quantitative estimate of drug-likeness (QED) is 0.590. The lowest BCUT2D eigenvalue weighted by Crippen LogP contribution is -2.39. The smallest absolute Gasteiger partial charge is 0.0212 e. The normalized spacial score (nSPS) is 14.1. The first-order valence-electron chi connectivity index (χ1n) is 4.14. The van der Waals surface area contributed by atoms with E-state index in [1.54, 1.807) is 0 Å². The van der Waals surface area contributed by atoms with E-state index in [1.165, 1.54) is 19.3 Å². The topological polar surface area (TPSA) is 15.3 Å². The Balaban J connectivity index is 3.39. The van der Waals surface area contributed by atoms with Gasteiger partial charge in [-0.1, -0.05) is 20.3 Å². The summed E-state index contributed by atoms with van der Waals surface area (Å²) in [7, 11) is 4.08. The molecule has 0 fully saturated rings. The highest BCUT2D eigenvalue weighted by molar-refractivity contribution is 4.59. The van der Waals surface area contributed by atoms with Crippen LogP contribution in [0, 0.1) is 0 Å². The second-order valence-corrected chi connectivity index (χ2v) is 2.92. The third kappa shape index (κ3) is 4.77. The van der Waals surface area contributed by atoms with E-state index in [0.29, 0.717) is 6.04 Å². The standard InChI is InChI=1S/C8H20N2/c1-5-7-8(6-2)9-10(3)4/h8-9H,5-7H2,1-4H3. The van der Waals surface area contributed by atoms with Gasteiger partial charge in [-0.2, -0.15) is 0 Å². The van der Waals surface area contributed by atoms with E-state index < -0.39 is 0 Å². The van der Waals surface area contributed by atoms with Crippen molar-refractivity contribution in [3.63, 3.8) is 0 Å². The number of nitrogens with one attached hydrogen (secondary N) is 1. The molecule has 1 N–H and O–H groups in total. The first kappa shape index (κ1) is 9.92. The Morgan fingerprint density at radius 3 is 2.20 bits per heavy atom. The predicted octanol–water partition coefficient (Wildman–Crippen LogP) is 1.63. The predicted molar refractivity (Wildman–Crippen MR) is 45.8 cm³/mol. The average molecular weight is 144 g/mol. The fraction of sp³-hybridized carbons (Fsp3) is 1.00. The Bertz CT molecular complexity index is 71.7. The summed E-state index contributed by atoms with van der Waals surface area (Å²) in [4.78, 5) is 0. The highest BCUT2D eigenvalue weighted by atomic mass is 15.5. The third-order valence-corrected chi connectivity index (χ3v) is 1.57. The van der Waals surface area contributed by atoms with Crippen molar-refractivity contribution >= 4 is 0 Å². The van der Waals surface area contributed by atoms with Gasteiger partial charge in [0, 0.05) is 20.1 Å². The second kappa shape index (κ2) is 5.69. The fourth-order valence-electron chi connectivity index (χ4n) is 1.07. The molecule has 0 radical (unpaired) electrons. The lowest BCUT2D eigenvalue weighted by molar-refractivity contribution is 0.229. The molecule has 0 aromatic rings. The van der Waals surface area contributed by atoms with Crippen LogP contribution in [-0.4, -0.2) is 25.1 Å². The maximum absolute atomic E-state index is 3.36. The Morgan fingerprint density at radius 2 is 1.90 bits per heavy atom. The van der Waals surface area contributed by atoms with E-state index in [0.717, 1.165) is 0 Å². The van der Waals surface area contributed by atoms with Crippen LogP contribution in [0.5, 0.6) is 0 Å². The molecule has 0 aliphatic carbocycles. The van der Waals surface area contributed by atoms with Crippen molar-refractivity contribution in [3.8, 4) is 0 Å². The van der Waals surface area contributed by atoms with Crippen molar-refractivity contribution < 1.29 is 0 Å². The molecule has 1 atom stereocenters. The molecule has 0 bridgehead atoms. The van der Waals surface area contributed by atoms with Crippen molar-refractivity contribution in [2.75, 3.05) is 14.1 Å². The number of nitrogens with zero attached hydrogens (tertiary/aromatic N) is 1. The fourth-order valence-corrected chi connectivity index (χ4v) is 1.07. The van der Waals surface area contributed by atoms with Crippen LogP contribution >= 0.6 is 0 Å². The van der Waals surface area contributed by atoms with Crippen LogP contribution in [0.15, 0.2) is 0 Å². The molecule has 0 heterocycles. The Labute approximate surface area is 64.6 Å². The van der Waals surface area contributed by atoms with Crippen molar-refractivity contribution in [1.82, 2.24) is 10.4 Å². The van der Waals surface area contributed by atoms with Crippen LogP contribution in [0.3, 0.4) is 0 Å². The monoisotopic (exact) mass is 144 g/mol. The van der Waals surface area contributed by atoms with Gasteiger partial charge in [0.1, 0.15) is 0 Å². The van der Waals surface area contributed by atoms with Gasteiger partial charge in [0.2, 0.25) is 0 Å². The minimum absolute atomic E-state index is 0.667. The van der Waals surface area contributed by atoms with Gasteiger partial charge in [0.25, 0.3) is 0 Å². The van der Waals surface area contributed by atoms with Crippen molar-refractivity contribution in [2.45, 2.75) is 39.2 Å². The number of hydrazine groups is 1. The minimum Gasteiger partial charge on any atom is -0.253 e. The SMILES string of the molecule is CCCC(CC)NN(C)C. The van der Waals surface area contributed by atoms with Gasteiger partial charge in [-0.05, 0) is 12.8 Å². The van der Waals surface area contributed by atoms with E-state index in [4.69, 9.17) is 0 Å². The molecule has 0 amide bonds. The van der Waals surface area contributed by atoms with Crippen molar-refractivity contribution in [3.05, 3.63) is 0 Å². The Kier molecular flexibility index (Phi) is 5.64. The zero-order valence-corrected chi connectivity index (χ0v) is 7.65. The van der Waals surface area contributed by atoms with Gasteiger partial charge in [-0.3, -0.25) is 10.4 Å². The first-order valence-corrected chi connectivity index (χ1v) is 4.14. The number of hydrogen-bond donors (Lipinski definition) is 1. The van der Waals surface area contributed by atoms with Gasteiger partial charge in [0.05, 0.1) is 0 Å². The summed E-state index contributed by atoms with van der Waals surface area (Å²) in [5, 5.41) is 2.03. The van der Waals surface area contributed by atoms with Crippen LogP contribution in [-0.2, 0) is 0 Å². The highest BCUT2D eigenvalue weighted by Crippen LogP contribution is 2.00. The minimum atomic E-state index is 0.667. The summed E-state index contributed by atoms with van der Waals surface area (Å²) >= 11 is 0. The molecule has 0 aromatic carbocycles. The molecule has 0 rings (SSSR count). The molecule has 0 saturated heterocycles. The van der Waals surface area contributed by atoms with Gasteiger partial charge >= 0.3 is 0 Å². The van der Waals surface area contributed by atoms with Gasteiger partial charge in [0.15, 0.2) is 0 Å². The highest BCUT2D eigenvalue weighted by Gasteiger charge is 2.03. The summed E-state index contributed by atoms with van der Waals surface area (Å²) in [6.07, 6.45) is 3.75. The maximum atomic E-state index is 3.36. The van der Waals surface area contributed by atoms with Crippen molar-refractivity contribution in [2.24, 2.45) is 0 Å². The Morgan fingerprint density at radius 1 is 1.30 bits per heavy atom. The molecule has 0 spiro atoms. The van der Waals surface area contributed by atoms with Crippen LogP contribution in [0.1, 0.15) is 33.1 Å². The van der Waals surface area contributed by atoms with Crippen LogP contribution in [0.25, 0.3) is 0 Å². The molecule has 0 saturated carbocycles. The molecular formula is C8H20N2. The molecular weight excluding hydrogens is 124 g/mol. The molecule has 2 nitrogen and oxygen atoms in total. The summed E-state index contributed by atoms with van der Waals surface area (Å²) in [6.45, 7) is 4.44. The van der Waals surface area contributed by atoms with E-state index >= 15 is 0 Å². The summed E-state index contributed by atoms with van der Waals surface area (Å²) < 4.78 is 0. The molecule has 1 unspecified atom stereocenters. The van der Waals surface area contributed by atoms with E-state index in [1.807, 2.05) is 19.1 Å². The average Bonchev–Trinajstić information content (AvgIpc) is 1.86. The van der Waals surface area contributed by atoms with Crippen LogP contribution in [0.2, 0.25) is 0 Å². The molecule has 0 aliphatic rings. The molecule has 0 aromatic heterocycles.